The van der Waals surface area contributed by atoms with Gasteiger partial charge in [0.05, 0.1) is 11.9 Å². The van der Waals surface area contributed by atoms with Gasteiger partial charge in [-0.2, -0.15) is 0 Å². The van der Waals surface area contributed by atoms with Crippen LogP contribution in [0.15, 0.2) is 60.4 Å². The van der Waals surface area contributed by atoms with Crippen LogP contribution in [0.4, 0.5) is 0 Å². The van der Waals surface area contributed by atoms with E-state index in [4.69, 9.17) is 0 Å². The van der Waals surface area contributed by atoms with E-state index >= 15 is 0 Å². The third kappa shape index (κ3) is 4.23. The maximum atomic E-state index is 4.69. The summed E-state index contributed by atoms with van der Waals surface area (Å²) in [6, 6.07) is 19.4. The normalized spacial score (nSPS) is 24.9. The second-order valence-corrected chi connectivity index (χ2v) is 11.1. The largest absolute Gasteiger partial charge is 0.383 e. The zero-order valence-electron chi connectivity index (χ0n) is 20.5. The van der Waals surface area contributed by atoms with Crippen molar-refractivity contribution in [2.24, 2.45) is 5.92 Å². The summed E-state index contributed by atoms with van der Waals surface area (Å²) >= 11 is 0. The minimum Gasteiger partial charge on any atom is -0.383 e. The summed E-state index contributed by atoms with van der Waals surface area (Å²) in [5.74, 6) is 2.56. The molecular formula is C31H36N4. The Morgan fingerprint density at radius 2 is 1.34 bits per heavy atom. The number of imidazole rings is 1. The third-order valence-corrected chi connectivity index (χ3v) is 8.76. The SMILES string of the molecule is c1cc(-c2ccc(-c3cnc(C4CCCC4)[nH]3)cc2)ccc1C1=C(C2CC2)NC([C@@H]2CCCN2)C1. The fourth-order valence-corrected chi connectivity index (χ4v) is 6.57. The molecule has 4 aliphatic rings. The highest BCUT2D eigenvalue weighted by Crippen LogP contribution is 2.44. The van der Waals surface area contributed by atoms with Gasteiger partial charge in [-0.25, -0.2) is 4.98 Å². The molecule has 3 aromatic rings. The van der Waals surface area contributed by atoms with Crippen molar-refractivity contribution in [1.82, 2.24) is 20.6 Å². The van der Waals surface area contributed by atoms with Crippen LogP contribution < -0.4 is 10.6 Å². The van der Waals surface area contributed by atoms with Crippen molar-refractivity contribution in [2.75, 3.05) is 6.54 Å². The Morgan fingerprint density at radius 1 is 0.657 bits per heavy atom. The van der Waals surface area contributed by atoms with Crippen LogP contribution in [0.5, 0.6) is 0 Å². The lowest BCUT2D eigenvalue weighted by atomic mass is 9.94. The minimum atomic E-state index is 0.562. The number of H-pyrrole nitrogens is 1. The summed E-state index contributed by atoms with van der Waals surface area (Å²) in [6.07, 6.45) is 13.7. The Balaban J connectivity index is 1.08. The number of rotatable bonds is 6. The first kappa shape index (κ1) is 21.4. The molecule has 2 atom stereocenters. The molecule has 2 aromatic carbocycles. The number of aromatic nitrogens is 2. The number of allylic oxidation sites excluding steroid dienone is 1. The zero-order valence-corrected chi connectivity index (χ0v) is 20.5. The molecule has 1 unspecified atom stereocenters. The molecule has 4 nitrogen and oxygen atoms in total. The molecule has 2 aliphatic carbocycles. The van der Waals surface area contributed by atoms with Gasteiger partial charge in [-0.05, 0) is 85.2 Å². The van der Waals surface area contributed by atoms with E-state index in [1.165, 1.54) is 91.7 Å². The number of aromatic amines is 1. The average Bonchev–Trinajstić information content (AvgIpc) is 3.44. The van der Waals surface area contributed by atoms with E-state index in [2.05, 4.69) is 69.1 Å². The minimum absolute atomic E-state index is 0.562. The smallest absolute Gasteiger partial charge is 0.109 e. The van der Waals surface area contributed by atoms with Crippen molar-refractivity contribution in [1.29, 1.82) is 0 Å². The molecule has 2 aliphatic heterocycles. The van der Waals surface area contributed by atoms with E-state index in [9.17, 15) is 0 Å². The summed E-state index contributed by atoms with van der Waals surface area (Å²) in [7, 11) is 0. The van der Waals surface area contributed by atoms with Gasteiger partial charge in [-0.3, -0.25) is 0 Å². The van der Waals surface area contributed by atoms with Crippen LogP contribution >= 0.6 is 0 Å². The van der Waals surface area contributed by atoms with Crippen LogP contribution in [-0.4, -0.2) is 28.6 Å². The van der Waals surface area contributed by atoms with Gasteiger partial charge in [0.2, 0.25) is 0 Å². The lowest BCUT2D eigenvalue weighted by Gasteiger charge is -2.20. The molecule has 0 amide bonds. The highest BCUT2D eigenvalue weighted by Gasteiger charge is 2.38. The molecule has 1 aromatic heterocycles. The first-order valence-corrected chi connectivity index (χ1v) is 13.8. The summed E-state index contributed by atoms with van der Waals surface area (Å²) in [5, 5.41) is 7.66. The van der Waals surface area contributed by atoms with Crippen LogP contribution in [-0.2, 0) is 0 Å². The molecule has 7 rings (SSSR count). The van der Waals surface area contributed by atoms with Crippen molar-refractivity contribution in [3.8, 4) is 22.4 Å². The average molecular weight is 465 g/mol. The van der Waals surface area contributed by atoms with E-state index in [1.54, 1.807) is 5.57 Å². The van der Waals surface area contributed by atoms with E-state index in [0.29, 0.717) is 18.0 Å². The van der Waals surface area contributed by atoms with Gasteiger partial charge in [0.25, 0.3) is 0 Å². The second-order valence-electron chi connectivity index (χ2n) is 11.1. The number of hydrogen-bond donors (Lipinski definition) is 3. The predicted molar refractivity (Wildman–Crippen MR) is 143 cm³/mol. The monoisotopic (exact) mass is 464 g/mol. The Bertz CT molecular complexity index is 1200. The van der Waals surface area contributed by atoms with Gasteiger partial charge < -0.3 is 15.6 Å². The van der Waals surface area contributed by atoms with Crippen molar-refractivity contribution >= 4 is 5.57 Å². The summed E-state index contributed by atoms with van der Waals surface area (Å²) < 4.78 is 0. The number of nitrogens with one attached hydrogen (secondary N) is 3. The molecular weight excluding hydrogens is 428 g/mol. The second kappa shape index (κ2) is 8.98. The van der Waals surface area contributed by atoms with Crippen LogP contribution in [0.1, 0.15) is 75.1 Å². The number of benzene rings is 2. The Labute approximate surface area is 208 Å². The van der Waals surface area contributed by atoms with Crippen molar-refractivity contribution in [2.45, 2.75) is 75.8 Å². The Hall–Kier alpha value is -2.85. The van der Waals surface area contributed by atoms with Crippen LogP contribution in [0.2, 0.25) is 0 Å². The topological polar surface area (TPSA) is 52.7 Å². The molecule has 180 valence electrons. The molecule has 3 N–H and O–H groups in total. The fraction of sp³-hybridized carbons (Fsp3) is 0.452. The molecule has 3 fully saturated rings. The lowest BCUT2D eigenvalue weighted by Crippen LogP contribution is -2.41. The summed E-state index contributed by atoms with van der Waals surface area (Å²) in [5.41, 5.74) is 9.40. The van der Waals surface area contributed by atoms with E-state index in [1.807, 2.05) is 6.20 Å². The fourth-order valence-electron chi connectivity index (χ4n) is 6.57. The lowest BCUT2D eigenvalue weighted by molar-refractivity contribution is 0.449. The standard InChI is InChI=1S/C31H36N4/c1-2-5-25(4-1)31-33-19-29(35-31)23-13-9-21(10-14-23)20-7-11-22(12-8-20)26-18-28(27-6-3-17-32-27)34-30(26)24-15-16-24/h7-14,19,24-25,27-28,32,34H,1-6,15-18H2,(H,33,35)/t27-,28?/m0/s1. The van der Waals surface area contributed by atoms with Gasteiger partial charge in [0.15, 0.2) is 0 Å². The first-order chi connectivity index (χ1) is 17.3. The van der Waals surface area contributed by atoms with Gasteiger partial charge in [0.1, 0.15) is 5.82 Å². The molecule has 35 heavy (non-hydrogen) atoms. The summed E-state index contributed by atoms with van der Waals surface area (Å²) in [6.45, 7) is 1.17. The van der Waals surface area contributed by atoms with Crippen molar-refractivity contribution in [3.63, 3.8) is 0 Å². The maximum absolute atomic E-state index is 4.69. The first-order valence-electron chi connectivity index (χ1n) is 13.8. The van der Waals surface area contributed by atoms with Gasteiger partial charge in [0, 0.05) is 23.7 Å². The molecule has 3 heterocycles. The number of nitrogens with zero attached hydrogens (tertiary/aromatic N) is 1. The van der Waals surface area contributed by atoms with Crippen LogP contribution in [0.25, 0.3) is 28.0 Å². The molecule has 1 saturated heterocycles. The number of hydrogen-bond acceptors (Lipinski definition) is 3. The zero-order chi connectivity index (χ0) is 23.2. The van der Waals surface area contributed by atoms with Gasteiger partial charge >= 0.3 is 0 Å². The molecule has 0 radical (unpaired) electrons. The highest BCUT2D eigenvalue weighted by molar-refractivity contribution is 5.75. The summed E-state index contributed by atoms with van der Waals surface area (Å²) in [4.78, 5) is 8.27. The Kier molecular flexibility index (Phi) is 5.50. The van der Waals surface area contributed by atoms with Crippen molar-refractivity contribution in [3.05, 3.63) is 71.8 Å². The molecule has 2 saturated carbocycles. The highest BCUT2D eigenvalue weighted by atomic mass is 15.1. The Morgan fingerprint density at radius 3 is 2.00 bits per heavy atom. The van der Waals surface area contributed by atoms with E-state index in [-0.39, 0.29) is 0 Å². The van der Waals surface area contributed by atoms with Crippen LogP contribution in [0, 0.1) is 5.92 Å². The van der Waals surface area contributed by atoms with Crippen LogP contribution in [0.3, 0.4) is 0 Å². The van der Waals surface area contributed by atoms with E-state index in [0.717, 1.165) is 18.0 Å². The molecule has 4 heteroatoms. The van der Waals surface area contributed by atoms with E-state index < -0.39 is 0 Å². The third-order valence-electron chi connectivity index (χ3n) is 8.76. The van der Waals surface area contributed by atoms with Gasteiger partial charge in [-0.1, -0.05) is 61.4 Å². The maximum Gasteiger partial charge on any atom is 0.109 e. The molecule has 0 bridgehead atoms. The molecule has 0 spiro atoms. The van der Waals surface area contributed by atoms with Crippen molar-refractivity contribution < 1.29 is 0 Å². The predicted octanol–water partition coefficient (Wildman–Crippen LogP) is 6.64. The quantitative estimate of drug-likeness (QED) is 0.383. The van der Waals surface area contributed by atoms with Gasteiger partial charge in [-0.15, -0.1) is 0 Å².